The Morgan fingerprint density at radius 2 is 1.82 bits per heavy atom. The van der Waals surface area contributed by atoms with E-state index in [1.54, 1.807) is 49.7 Å². The number of methoxy groups -OCH3 is 1. The maximum absolute atomic E-state index is 13.0. The minimum Gasteiger partial charge on any atom is -0.496 e. The Balaban J connectivity index is 1.62. The number of halogens is 1. The Bertz CT molecular complexity index is 1820. The molecular formula is C28H20ClN5O3S. The predicted octanol–water partition coefficient (Wildman–Crippen LogP) is 6.00. The van der Waals surface area contributed by atoms with Crippen molar-refractivity contribution in [1.82, 2.24) is 15.0 Å². The van der Waals surface area contributed by atoms with Gasteiger partial charge in [-0.1, -0.05) is 23.7 Å². The van der Waals surface area contributed by atoms with Gasteiger partial charge in [0.1, 0.15) is 17.9 Å². The molecule has 0 aliphatic heterocycles. The molecule has 1 N–H and O–H groups in total. The lowest BCUT2D eigenvalue weighted by molar-refractivity contribution is 0.416. The quantitative estimate of drug-likeness (QED) is 0.280. The van der Waals surface area contributed by atoms with Gasteiger partial charge in [0.2, 0.25) is 0 Å². The van der Waals surface area contributed by atoms with Gasteiger partial charge in [-0.3, -0.25) is 9.71 Å². The van der Waals surface area contributed by atoms with Crippen LogP contribution >= 0.6 is 11.6 Å². The van der Waals surface area contributed by atoms with Gasteiger partial charge in [-0.15, -0.1) is 0 Å². The van der Waals surface area contributed by atoms with Crippen LogP contribution in [0, 0.1) is 18.3 Å². The SMILES string of the molecule is COc1cc(-c2cc(C)cc(Cl)c2)c(C#N)cc1-c1nccc2cc(S(=O)(=O)Nc3ccncn3)ccc12. The number of aromatic nitrogens is 3. The average molecular weight is 542 g/mol. The third kappa shape index (κ3) is 4.87. The van der Waals surface area contributed by atoms with Crippen LogP contribution in [0.2, 0.25) is 5.02 Å². The van der Waals surface area contributed by atoms with Gasteiger partial charge >= 0.3 is 0 Å². The second-order valence-electron chi connectivity index (χ2n) is 8.47. The molecule has 0 saturated heterocycles. The van der Waals surface area contributed by atoms with Crippen LogP contribution in [0.3, 0.4) is 0 Å². The van der Waals surface area contributed by atoms with Gasteiger partial charge in [0.05, 0.1) is 29.3 Å². The number of hydrogen-bond acceptors (Lipinski definition) is 7. The molecule has 0 bridgehead atoms. The van der Waals surface area contributed by atoms with Crippen LogP contribution in [0.25, 0.3) is 33.2 Å². The average Bonchev–Trinajstić information content (AvgIpc) is 2.91. The van der Waals surface area contributed by atoms with Crippen molar-refractivity contribution in [3.8, 4) is 34.2 Å². The molecule has 0 saturated carbocycles. The summed E-state index contributed by atoms with van der Waals surface area (Å²) in [5.74, 6) is 0.679. The highest BCUT2D eigenvalue weighted by atomic mass is 35.5. The summed E-state index contributed by atoms with van der Waals surface area (Å²) < 4.78 is 34.1. The molecule has 2 aromatic heterocycles. The number of nitrogens with one attached hydrogen (secondary N) is 1. The van der Waals surface area contributed by atoms with E-state index in [2.05, 4.69) is 25.7 Å². The van der Waals surface area contributed by atoms with Gasteiger partial charge < -0.3 is 4.74 Å². The maximum Gasteiger partial charge on any atom is 0.263 e. The Hall–Kier alpha value is -4.52. The molecule has 3 aromatic carbocycles. The first kappa shape index (κ1) is 25.1. The van der Waals surface area contributed by atoms with E-state index >= 15 is 0 Å². The van der Waals surface area contributed by atoms with Gasteiger partial charge in [-0.05, 0) is 72.0 Å². The highest BCUT2D eigenvalue weighted by Gasteiger charge is 2.19. The van der Waals surface area contributed by atoms with E-state index in [1.165, 1.54) is 24.7 Å². The van der Waals surface area contributed by atoms with Crippen LogP contribution in [0.1, 0.15) is 11.1 Å². The lowest BCUT2D eigenvalue weighted by Crippen LogP contribution is -2.13. The summed E-state index contributed by atoms with van der Waals surface area (Å²) in [6.45, 7) is 1.94. The molecule has 10 heteroatoms. The first-order chi connectivity index (χ1) is 18.3. The van der Waals surface area contributed by atoms with Crippen LogP contribution < -0.4 is 9.46 Å². The molecule has 38 heavy (non-hydrogen) atoms. The summed E-state index contributed by atoms with van der Waals surface area (Å²) in [6.07, 6.45) is 4.30. The molecule has 0 radical (unpaired) electrons. The zero-order valence-electron chi connectivity index (χ0n) is 20.3. The van der Waals surface area contributed by atoms with E-state index in [0.717, 1.165) is 11.1 Å². The number of aryl methyl sites for hydroxylation is 1. The number of nitrogens with zero attached hydrogens (tertiary/aromatic N) is 4. The van der Waals surface area contributed by atoms with Crippen molar-refractivity contribution >= 4 is 38.2 Å². The van der Waals surface area contributed by atoms with E-state index < -0.39 is 10.0 Å². The van der Waals surface area contributed by atoms with Gasteiger partial charge in [-0.2, -0.15) is 5.26 Å². The number of sulfonamides is 1. The van der Waals surface area contributed by atoms with Gasteiger partial charge in [0.25, 0.3) is 10.0 Å². The van der Waals surface area contributed by atoms with Crippen LogP contribution in [-0.4, -0.2) is 30.5 Å². The summed E-state index contributed by atoms with van der Waals surface area (Å²) >= 11 is 6.27. The second-order valence-corrected chi connectivity index (χ2v) is 10.6. The molecule has 0 aliphatic rings. The number of ether oxygens (including phenoxy) is 1. The normalized spacial score (nSPS) is 11.2. The summed E-state index contributed by atoms with van der Waals surface area (Å²) in [4.78, 5) is 12.3. The Kier molecular flexibility index (Phi) is 6.68. The largest absolute Gasteiger partial charge is 0.496 e. The summed E-state index contributed by atoms with van der Waals surface area (Å²) in [5.41, 5.74) is 4.03. The van der Waals surface area contributed by atoms with Gasteiger partial charge in [0, 0.05) is 33.9 Å². The number of fused-ring (bicyclic) bond motifs is 1. The fourth-order valence-corrected chi connectivity index (χ4v) is 5.58. The lowest BCUT2D eigenvalue weighted by atomic mass is 9.94. The van der Waals surface area contributed by atoms with Crippen molar-refractivity contribution in [3.63, 3.8) is 0 Å². The van der Waals surface area contributed by atoms with Crippen LogP contribution in [0.15, 0.2) is 84.3 Å². The predicted molar refractivity (Wildman–Crippen MR) is 146 cm³/mol. The van der Waals surface area contributed by atoms with E-state index in [0.29, 0.717) is 43.9 Å². The molecule has 188 valence electrons. The first-order valence-electron chi connectivity index (χ1n) is 11.4. The molecule has 0 spiro atoms. The standard InChI is InChI=1S/C28H20ClN5O3S/c1-17-9-19(11-21(29)10-17)24-14-26(37-2)25(13-20(24)15-30)28-23-4-3-22(12-18(23)5-8-32-28)38(35,36)34-27-6-7-31-16-33-27/h3-14,16H,1-2H3,(H,31,33,34). The summed E-state index contributed by atoms with van der Waals surface area (Å²) in [7, 11) is -2.34. The van der Waals surface area contributed by atoms with Crippen molar-refractivity contribution in [2.24, 2.45) is 0 Å². The highest BCUT2D eigenvalue weighted by Crippen LogP contribution is 2.39. The highest BCUT2D eigenvalue weighted by molar-refractivity contribution is 7.92. The molecule has 2 heterocycles. The number of benzene rings is 3. The van der Waals surface area contributed by atoms with Crippen molar-refractivity contribution in [3.05, 3.63) is 95.5 Å². The van der Waals surface area contributed by atoms with Crippen molar-refractivity contribution in [2.75, 3.05) is 11.8 Å². The number of anilines is 1. The third-order valence-corrected chi connectivity index (χ3v) is 7.51. The van der Waals surface area contributed by atoms with E-state index in [9.17, 15) is 13.7 Å². The first-order valence-corrected chi connectivity index (χ1v) is 13.2. The van der Waals surface area contributed by atoms with Crippen LogP contribution in [-0.2, 0) is 10.0 Å². The number of hydrogen-bond donors (Lipinski definition) is 1. The number of pyridine rings is 1. The van der Waals surface area contributed by atoms with Crippen molar-refractivity contribution in [2.45, 2.75) is 11.8 Å². The molecule has 5 rings (SSSR count). The molecule has 0 amide bonds. The van der Waals surface area contributed by atoms with Gasteiger partial charge in [-0.25, -0.2) is 18.4 Å². The molecular weight excluding hydrogens is 522 g/mol. The molecule has 0 aliphatic carbocycles. The topological polar surface area (TPSA) is 118 Å². The lowest BCUT2D eigenvalue weighted by Gasteiger charge is -2.15. The zero-order chi connectivity index (χ0) is 26.9. The zero-order valence-corrected chi connectivity index (χ0v) is 21.9. The number of rotatable bonds is 6. The molecule has 0 fully saturated rings. The molecule has 8 nitrogen and oxygen atoms in total. The van der Waals surface area contributed by atoms with Crippen molar-refractivity contribution < 1.29 is 13.2 Å². The summed E-state index contributed by atoms with van der Waals surface area (Å²) in [6, 6.07) is 19.3. The van der Waals surface area contributed by atoms with Crippen LogP contribution in [0.5, 0.6) is 5.75 Å². The second kappa shape index (κ2) is 10.1. The van der Waals surface area contributed by atoms with E-state index in [4.69, 9.17) is 16.3 Å². The van der Waals surface area contributed by atoms with Crippen molar-refractivity contribution in [1.29, 1.82) is 5.26 Å². The van der Waals surface area contributed by atoms with E-state index in [-0.39, 0.29) is 10.7 Å². The van der Waals surface area contributed by atoms with E-state index in [1.807, 2.05) is 19.1 Å². The Morgan fingerprint density at radius 1 is 0.974 bits per heavy atom. The fraction of sp³-hybridized carbons (Fsp3) is 0.0714. The monoisotopic (exact) mass is 541 g/mol. The Labute approximate surface area is 224 Å². The smallest absolute Gasteiger partial charge is 0.263 e. The maximum atomic E-state index is 13.0. The summed E-state index contributed by atoms with van der Waals surface area (Å²) in [5, 5.41) is 11.9. The number of nitriles is 1. The fourth-order valence-electron chi connectivity index (χ4n) is 4.24. The van der Waals surface area contributed by atoms with Gasteiger partial charge in [0.15, 0.2) is 0 Å². The third-order valence-electron chi connectivity index (χ3n) is 5.94. The van der Waals surface area contributed by atoms with Crippen LogP contribution in [0.4, 0.5) is 5.82 Å². The Morgan fingerprint density at radius 3 is 2.53 bits per heavy atom. The minimum absolute atomic E-state index is 0.0668. The molecule has 0 atom stereocenters. The molecule has 5 aromatic rings. The minimum atomic E-state index is -3.89. The molecule has 0 unspecified atom stereocenters.